The molecule has 46 heavy (non-hydrogen) atoms. The number of rotatable bonds is 10. The quantitative estimate of drug-likeness (QED) is 0.317. The van der Waals surface area contributed by atoms with Crippen molar-refractivity contribution >= 4 is 38.3 Å². The maximum Gasteiger partial charge on any atom is 0.256 e. The van der Waals surface area contributed by atoms with E-state index < -0.39 is 14.8 Å². The summed E-state index contributed by atoms with van der Waals surface area (Å²) in [7, 11) is -0.284. The highest BCUT2D eigenvalue weighted by molar-refractivity contribution is 7.92. The Kier molecular flexibility index (Phi) is 8.71. The van der Waals surface area contributed by atoms with Crippen LogP contribution in [0.1, 0.15) is 65.7 Å². The molecule has 0 atom stereocenters. The van der Waals surface area contributed by atoms with Gasteiger partial charge in [-0.05, 0) is 77.6 Å². The molecule has 6 rings (SSSR count). The minimum absolute atomic E-state index is 0.0443. The van der Waals surface area contributed by atoms with Crippen molar-refractivity contribution in [2.24, 2.45) is 0 Å². The van der Waals surface area contributed by atoms with E-state index in [1.54, 1.807) is 23.0 Å². The van der Waals surface area contributed by atoms with Gasteiger partial charge in [0.1, 0.15) is 11.6 Å². The number of pyridine rings is 1. The molecular formula is C34H46N6O5S. The number of nitrogens with zero attached hydrogens (tertiary/aromatic N) is 4. The van der Waals surface area contributed by atoms with Crippen LogP contribution in [0.3, 0.4) is 0 Å². The van der Waals surface area contributed by atoms with Crippen LogP contribution < -0.4 is 25.4 Å². The molecule has 2 N–H and O–H groups in total. The molecule has 0 spiro atoms. The molecule has 1 amide bonds. The maximum absolute atomic E-state index is 14.8. The van der Waals surface area contributed by atoms with Crippen LogP contribution in [0.4, 0.5) is 11.5 Å². The Hall–Kier alpha value is -3.77. The highest BCUT2D eigenvalue weighted by atomic mass is 32.2. The van der Waals surface area contributed by atoms with E-state index in [0.717, 1.165) is 69.8 Å². The van der Waals surface area contributed by atoms with Gasteiger partial charge in [-0.15, -0.1) is 6.58 Å². The van der Waals surface area contributed by atoms with Gasteiger partial charge < -0.3 is 29.7 Å². The summed E-state index contributed by atoms with van der Waals surface area (Å²) in [6.07, 6.45) is 6.31. The average molecular weight is 651 g/mol. The van der Waals surface area contributed by atoms with Crippen molar-refractivity contribution in [2.75, 3.05) is 63.2 Å². The number of allylic oxidation sites excluding steroid dienone is 1. The standard InChI is InChI=1S/C34H46N6O5S/c1-6-10-34(11-12-34)46(43,44)40-28-21-25(38-17-15-37(4)16-18-38)20-26(30(28)24(3)33(40)39-13-8-7-9-14-39)31(41)35-22-27-29(45-5)19-23(2)36-32(27)42/h6,19-21H,1,7-18,22H2,2-5H3,(H,35,41)(H,36,42). The molecule has 1 aliphatic carbocycles. The van der Waals surface area contributed by atoms with E-state index in [-0.39, 0.29) is 18.0 Å². The fraction of sp³-hybridized carbons (Fsp3) is 0.529. The molecule has 11 nitrogen and oxygen atoms in total. The van der Waals surface area contributed by atoms with Gasteiger partial charge in [0.15, 0.2) is 0 Å². The zero-order valence-corrected chi connectivity index (χ0v) is 28.3. The lowest BCUT2D eigenvalue weighted by atomic mass is 10.0. The highest BCUT2D eigenvalue weighted by Gasteiger charge is 2.55. The zero-order chi connectivity index (χ0) is 32.8. The number of aryl methyl sites for hydroxylation is 2. The molecule has 4 heterocycles. The van der Waals surface area contributed by atoms with Gasteiger partial charge in [0.05, 0.1) is 35.0 Å². The second-order valence-electron chi connectivity index (χ2n) is 13.1. The van der Waals surface area contributed by atoms with Gasteiger partial charge in [-0.2, -0.15) is 0 Å². The largest absolute Gasteiger partial charge is 0.496 e. The lowest BCUT2D eigenvalue weighted by Crippen LogP contribution is -2.44. The summed E-state index contributed by atoms with van der Waals surface area (Å²) in [6.45, 7) is 12.3. The summed E-state index contributed by atoms with van der Waals surface area (Å²) in [5.74, 6) is 0.681. The van der Waals surface area contributed by atoms with Gasteiger partial charge >= 0.3 is 0 Å². The number of aromatic nitrogens is 2. The Bertz CT molecular complexity index is 1830. The van der Waals surface area contributed by atoms with Gasteiger partial charge in [-0.1, -0.05) is 6.08 Å². The lowest BCUT2D eigenvalue weighted by molar-refractivity contribution is 0.0952. The average Bonchev–Trinajstić information content (AvgIpc) is 3.77. The first-order valence-electron chi connectivity index (χ1n) is 16.3. The number of H-pyrrole nitrogens is 1. The molecule has 0 bridgehead atoms. The predicted molar refractivity (Wildman–Crippen MR) is 183 cm³/mol. The third-order valence-electron chi connectivity index (χ3n) is 9.98. The number of carbonyl (C=O) groups excluding carboxylic acids is 1. The summed E-state index contributed by atoms with van der Waals surface area (Å²) >= 11 is 0. The fourth-order valence-corrected chi connectivity index (χ4v) is 9.37. The van der Waals surface area contributed by atoms with Crippen molar-refractivity contribution in [1.29, 1.82) is 0 Å². The van der Waals surface area contributed by atoms with Crippen molar-refractivity contribution in [2.45, 2.75) is 63.7 Å². The number of ether oxygens (including phenoxy) is 1. The molecule has 1 saturated carbocycles. The van der Waals surface area contributed by atoms with Crippen LogP contribution in [-0.2, 0) is 16.6 Å². The molecular weight excluding hydrogens is 604 g/mol. The topological polar surface area (TPSA) is 120 Å². The van der Waals surface area contributed by atoms with Gasteiger partial charge in [0, 0.05) is 61.6 Å². The van der Waals surface area contributed by atoms with Gasteiger partial charge in [0.25, 0.3) is 11.5 Å². The molecule has 3 aliphatic rings. The number of likely N-dealkylation sites (N-methyl/N-ethyl adjacent to an activating group) is 1. The highest BCUT2D eigenvalue weighted by Crippen LogP contribution is 2.51. The van der Waals surface area contributed by atoms with E-state index in [1.807, 2.05) is 19.1 Å². The Morgan fingerprint density at radius 2 is 1.74 bits per heavy atom. The first-order valence-corrected chi connectivity index (χ1v) is 17.7. The number of piperidine rings is 1. The first-order chi connectivity index (χ1) is 22.0. The van der Waals surface area contributed by atoms with E-state index in [4.69, 9.17) is 4.74 Å². The summed E-state index contributed by atoms with van der Waals surface area (Å²) < 4.78 is 35.7. The van der Waals surface area contributed by atoms with Crippen LogP contribution in [0.25, 0.3) is 10.9 Å². The Balaban J connectivity index is 1.54. The summed E-state index contributed by atoms with van der Waals surface area (Å²) in [6, 6.07) is 5.58. The number of hydrogen-bond donors (Lipinski definition) is 2. The Labute approximate surface area is 271 Å². The number of aromatic amines is 1. The monoisotopic (exact) mass is 650 g/mol. The van der Waals surface area contributed by atoms with Gasteiger partial charge in [-0.3, -0.25) is 9.59 Å². The molecule has 248 valence electrons. The number of fused-ring (bicyclic) bond motifs is 1. The smallest absolute Gasteiger partial charge is 0.256 e. The first kappa shape index (κ1) is 32.2. The molecule has 2 aliphatic heterocycles. The van der Waals surface area contributed by atoms with Crippen LogP contribution in [0, 0.1) is 13.8 Å². The molecule has 3 fully saturated rings. The van der Waals surface area contributed by atoms with Crippen LogP contribution >= 0.6 is 0 Å². The number of benzene rings is 1. The SMILES string of the molecule is C=CCC1(S(=O)(=O)n2c(N3CCCCC3)c(C)c3c(C(=O)NCc4c(OC)cc(C)[nH]c4=O)cc(N4CCN(C)CC4)cc32)CC1. The summed E-state index contributed by atoms with van der Waals surface area (Å²) in [5, 5.41) is 3.59. The molecule has 0 unspecified atom stereocenters. The van der Waals surface area contributed by atoms with E-state index in [0.29, 0.717) is 58.6 Å². The normalized spacial score (nSPS) is 18.5. The number of amides is 1. The second kappa shape index (κ2) is 12.4. The van der Waals surface area contributed by atoms with Crippen LogP contribution in [0.2, 0.25) is 0 Å². The number of carbonyl (C=O) groups is 1. The van der Waals surface area contributed by atoms with E-state index in [2.05, 4.69) is 38.6 Å². The molecule has 3 aromatic rings. The Morgan fingerprint density at radius 1 is 1.04 bits per heavy atom. The third-order valence-corrected chi connectivity index (χ3v) is 12.5. The van der Waals surface area contributed by atoms with E-state index >= 15 is 0 Å². The van der Waals surface area contributed by atoms with Crippen molar-refractivity contribution in [3.8, 4) is 5.75 Å². The summed E-state index contributed by atoms with van der Waals surface area (Å²) in [4.78, 5) is 36.5. The Morgan fingerprint density at radius 3 is 2.37 bits per heavy atom. The van der Waals surface area contributed by atoms with Gasteiger partial charge in [-0.25, -0.2) is 12.4 Å². The number of nitrogens with one attached hydrogen (secondary N) is 2. The van der Waals surface area contributed by atoms with Crippen molar-refractivity contribution in [3.05, 3.63) is 63.6 Å². The number of piperazine rings is 1. The minimum atomic E-state index is -3.86. The van der Waals surface area contributed by atoms with Crippen LogP contribution in [0.5, 0.6) is 5.75 Å². The molecule has 2 aromatic heterocycles. The number of methoxy groups -OCH3 is 1. The predicted octanol–water partition coefficient (Wildman–Crippen LogP) is 3.91. The molecule has 12 heteroatoms. The molecule has 2 saturated heterocycles. The van der Waals surface area contributed by atoms with Crippen LogP contribution in [-0.4, -0.2) is 86.4 Å². The van der Waals surface area contributed by atoms with Gasteiger partial charge in [0.2, 0.25) is 10.0 Å². The molecule has 1 aromatic carbocycles. The molecule has 0 radical (unpaired) electrons. The maximum atomic E-state index is 14.8. The second-order valence-corrected chi connectivity index (χ2v) is 15.3. The van der Waals surface area contributed by atoms with Crippen molar-refractivity contribution < 1.29 is 17.9 Å². The number of anilines is 2. The zero-order valence-electron chi connectivity index (χ0n) is 27.4. The van der Waals surface area contributed by atoms with Crippen molar-refractivity contribution in [3.63, 3.8) is 0 Å². The number of hydrogen-bond acceptors (Lipinski definition) is 8. The van der Waals surface area contributed by atoms with Crippen molar-refractivity contribution in [1.82, 2.24) is 19.2 Å². The fourth-order valence-electron chi connectivity index (χ4n) is 7.15. The lowest BCUT2D eigenvalue weighted by Gasteiger charge is -2.34. The minimum Gasteiger partial charge on any atom is -0.496 e. The summed E-state index contributed by atoms with van der Waals surface area (Å²) in [5.41, 5.74) is 3.16. The van der Waals surface area contributed by atoms with E-state index in [1.165, 1.54) is 7.11 Å². The van der Waals surface area contributed by atoms with Crippen LogP contribution in [0.15, 0.2) is 35.6 Å². The van der Waals surface area contributed by atoms with E-state index in [9.17, 15) is 18.0 Å². The third kappa shape index (κ3) is 5.59.